The van der Waals surface area contributed by atoms with Gasteiger partial charge in [-0.1, -0.05) is 12.1 Å². The number of aromatic hydroxyl groups is 1. The van der Waals surface area contributed by atoms with Crippen LogP contribution in [-0.4, -0.2) is 15.1 Å². The molecule has 0 atom stereocenters. The van der Waals surface area contributed by atoms with Crippen LogP contribution in [0.2, 0.25) is 0 Å². The lowest BCUT2D eigenvalue weighted by Crippen LogP contribution is -2.10. The second-order valence-corrected chi connectivity index (χ2v) is 4.19. The molecule has 0 radical (unpaired) electrons. The molecule has 20 heavy (non-hydrogen) atoms. The first-order chi connectivity index (χ1) is 9.58. The van der Waals surface area contributed by atoms with Gasteiger partial charge < -0.3 is 10.1 Å². The van der Waals surface area contributed by atoms with Gasteiger partial charge in [-0.3, -0.25) is 4.79 Å². The maximum atomic E-state index is 13.8. The monoisotopic (exact) mass is 274 g/mol. The summed E-state index contributed by atoms with van der Waals surface area (Å²) in [4.78, 5) is 18.2. The first kappa shape index (κ1) is 12.3. The number of phenols is 1. The summed E-state index contributed by atoms with van der Waals surface area (Å²) in [6, 6.07) is 8.24. The molecule has 0 saturated heterocycles. The summed E-state index contributed by atoms with van der Waals surface area (Å²) in [6.07, 6.45) is 0. The van der Waals surface area contributed by atoms with Crippen molar-refractivity contribution in [3.63, 3.8) is 0 Å². The van der Waals surface area contributed by atoms with Crippen molar-refractivity contribution in [3.05, 3.63) is 58.4 Å². The molecule has 0 aliphatic heterocycles. The van der Waals surface area contributed by atoms with Gasteiger partial charge in [0.05, 0.1) is 16.5 Å². The number of halogens is 2. The minimum absolute atomic E-state index is 0.264. The predicted octanol–water partition coefficient (Wildman–Crippen LogP) is 2.57. The quantitative estimate of drug-likeness (QED) is 0.716. The van der Waals surface area contributed by atoms with Crippen molar-refractivity contribution in [1.82, 2.24) is 9.97 Å². The molecule has 0 bridgehead atoms. The van der Waals surface area contributed by atoms with Crippen LogP contribution in [0, 0.1) is 11.6 Å². The Hall–Kier alpha value is -2.76. The molecule has 0 aliphatic rings. The highest BCUT2D eigenvalue weighted by Crippen LogP contribution is 2.28. The van der Waals surface area contributed by atoms with E-state index in [0.717, 1.165) is 12.1 Å². The van der Waals surface area contributed by atoms with Crippen molar-refractivity contribution in [3.8, 4) is 17.1 Å². The van der Waals surface area contributed by atoms with Crippen LogP contribution in [0.25, 0.3) is 22.3 Å². The van der Waals surface area contributed by atoms with Crippen molar-refractivity contribution < 1.29 is 13.9 Å². The van der Waals surface area contributed by atoms with Crippen molar-refractivity contribution in [1.29, 1.82) is 0 Å². The number of aromatic amines is 1. The molecular weight excluding hydrogens is 266 g/mol. The fraction of sp³-hybridized carbons (Fsp3) is 0. The number of hydrogen-bond donors (Lipinski definition) is 2. The molecule has 0 spiro atoms. The fourth-order valence-corrected chi connectivity index (χ4v) is 1.96. The molecule has 1 aromatic heterocycles. The van der Waals surface area contributed by atoms with Crippen LogP contribution in [0.4, 0.5) is 8.78 Å². The van der Waals surface area contributed by atoms with Crippen LogP contribution in [0.3, 0.4) is 0 Å². The second kappa shape index (κ2) is 4.41. The molecule has 100 valence electrons. The molecule has 1 heterocycles. The summed E-state index contributed by atoms with van der Waals surface area (Å²) in [5, 5.41) is 9.62. The number of hydrogen-bond acceptors (Lipinski definition) is 3. The zero-order valence-corrected chi connectivity index (χ0v) is 10.0. The second-order valence-electron chi connectivity index (χ2n) is 4.19. The largest absolute Gasteiger partial charge is 0.505 e. The molecule has 0 saturated carbocycles. The number of rotatable bonds is 1. The van der Waals surface area contributed by atoms with Gasteiger partial charge in [0, 0.05) is 0 Å². The van der Waals surface area contributed by atoms with Crippen LogP contribution in [0.1, 0.15) is 0 Å². The highest BCUT2D eigenvalue weighted by molar-refractivity contribution is 5.79. The third-order valence-corrected chi connectivity index (χ3v) is 2.92. The van der Waals surface area contributed by atoms with Gasteiger partial charge in [0.25, 0.3) is 5.56 Å². The summed E-state index contributed by atoms with van der Waals surface area (Å²) in [7, 11) is 0. The molecule has 3 rings (SSSR count). The smallest absolute Gasteiger partial charge is 0.259 e. The van der Waals surface area contributed by atoms with Gasteiger partial charge in [0.15, 0.2) is 11.6 Å². The van der Waals surface area contributed by atoms with Gasteiger partial charge in [-0.05, 0) is 24.3 Å². The molecule has 4 nitrogen and oxygen atoms in total. The predicted molar refractivity (Wildman–Crippen MR) is 69.4 cm³/mol. The Kier molecular flexibility index (Phi) is 2.71. The maximum absolute atomic E-state index is 13.8. The van der Waals surface area contributed by atoms with E-state index < -0.39 is 28.5 Å². The Morgan fingerprint density at radius 1 is 1.10 bits per heavy atom. The van der Waals surface area contributed by atoms with Gasteiger partial charge >= 0.3 is 0 Å². The van der Waals surface area contributed by atoms with E-state index in [1.54, 1.807) is 24.3 Å². The minimum atomic E-state index is -1.16. The zero-order chi connectivity index (χ0) is 14.3. The van der Waals surface area contributed by atoms with Crippen molar-refractivity contribution in [2.45, 2.75) is 0 Å². The minimum Gasteiger partial charge on any atom is -0.505 e. The van der Waals surface area contributed by atoms with Gasteiger partial charge in [0.2, 0.25) is 0 Å². The standard InChI is InChI=1S/C14H8F2N2O2/c15-8-5-6-10(19)12(16)11(8)13-17-9-4-2-1-3-7(9)14(20)18-13/h1-6,19H,(H,17,18,20). The van der Waals surface area contributed by atoms with Crippen molar-refractivity contribution in [2.24, 2.45) is 0 Å². The number of fused-ring (bicyclic) bond motifs is 1. The molecule has 2 N–H and O–H groups in total. The summed E-state index contributed by atoms with van der Waals surface area (Å²) in [6.45, 7) is 0. The normalized spacial score (nSPS) is 10.9. The maximum Gasteiger partial charge on any atom is 0.259 e. The SMILES string of the molecule is O=c1[nH]c(-c2c(F)ccc(O)c2F)nc2ccccc12. The zero-order valence-electron chi connectivity index (χ0n) is 10.0. The molecule has 2 aromatic carbocycles. The average Bonchev–Trinajstić information content (AvgIpc) is 2.44. The number of aromatic nitrogens is 2. The van der Waals surface area contributed by atoms with Crippen molar-refractivity contribution in [2.75, 3.05) is 0 Å². The molecule has 0 amide bonds. The van der Waals surface area contributed by atoms with E-state index in [1.807, 2.05) is 0 Å². The van der Waals surface area contributed by atoms with E-state index in [1.165, 1.54) is 0 Å². The Morgan fingerprint density at radius 2 is 1.85 bits per heavy atom. The summed E-state index contributed by atoms with van der Waals surface area (Å²) >= 11 is 0. The van der Waals surface area contributed by atoms with Gasteiger partial charge in [-0.2, -0.15) is 0 Å². The molecule has 0 unspecified atom stereocenters. The Balaban J connectivity index is 2.36. The molecular formula is C14H8F2N2O2. The summed E-state index contributed by atoms with van der Waals surface area (Å²) in [5.41, 5.74) is -0.756. The van der Waals surface area contributed by atoms with Crippen LogP contribution in [0.15, 0.2) is 41.2 Å². The molecule has 6 heteroatoms. The van der Waals surface area contributed by atoms with E-state index in [9.17, 15) is 18.7 Å². The highest BCUT2D eigenvalue weighted by Gasteiger charge is 2.18. The third-order valence-electron chi connectivity index (χ3n) is 2.92. The summed E-state index contributed by atoms with van der Waals surface area (Å²) in [5.74, 6) is -3.06. The topological polar surface area (TPSA) is 66.0 Å². The number of H-pyrrole nitrogens is 1. The lowest BCUT2D eigenvalue weighted by Gasteiger charge is -2.06. The Labute approximate surface area is 111 Å². The highest BCUT2D eigenvalue weighted by atomic mass is 19.1. The van der Waals surface area contributed by atoms with E-state index in [-0.39, 0.29) is 5.82 Å². The first-order valence-corrected chi connectivity index (χ1v) is 5.74. The number of nitrogens with zero attached hydrogens (tertiary/aromatic N) is 1. The lowest BCUT2D eigenvalue weighted by atomic mass is 10.1. The van der Waals surface area contributed by atoms with Gasteiger partial charge in [-0.15, -0.1) is 0 Å². The average molecular weight is 274 g/mol. The number of para-hydroxylation sites is 1. The van der Waals surface area contributed by atoms with Crippen LogP contribution < -0.4 is 5.56 Å². The van der Waals surface area contributed by atoms with E-state index in [4.69, 9.17) is 0 Å². The molecule has 0 fully saturated rings. The van der Waals surface area contributed by atoms with E-state index >= 15 is 0 Å². The van der Waals surface area contributed by atoms with E-state index in [0.29, 0.717) is 10.9 Å². The third kappa shape index (κ3) is 1.82. The fourth-order valence-electron chi connectivity index (χ4n) is 1.96. The molecule has 3 aromatic rings. The number of nitrogens with one attached hydrogen (secondary N) is 1. The lowest BCUT2D eigenvalue weighted by molar-refractivity contribution is 0.429. The van der Waals surface area contributed by atoms with E-state index in [2.05, 4.69) is 9.97 Å². The number of phenolic OH excluding ortho intramolecular Hbond substituents is 1. The van der Waals surface area contributed by atoms with Crippen LogP contribution >= 0.6 is 0 Å². The summed E-state index contributed by atoms with van der Waals surface area (Å²) < 4.78 is 27.6. The van der Waals surface area contributed by atoms with Crippen molar-refractivity contribution >= 4 is 10.9 Å². The first-order valence-electron chi connectivity index (χ1n) is 5.74. The van der Waals surface area contributed by atoms with Gasteiger partial charge in [0.1, 0.15) is 11.6 Å². The Morgan fingerprint density at radius 3 is 2.65 bits per heavy atom. The number of benzene rings is 2. The van der Waals surface area contributed by atoms with Crippen LogP contribution in [-0.2, 0) is 0 Å². The Bertz CT molecular complexity index is 875. The van der Waals surface area contributed by atoms with Crippen LogP contribution in [0.5, 0.6) is 5.75 Å². The van der Waals surface area contributed by atoms with Gasteiger partial charge in [-0.25, -0.2) is 13.8 Å². The molecule has 0 aliphatic carbocycles.